The number of hydrogen-bond donors (Lipinski definition) is 0. The van der Waals surface area contributed by atoms with Crippen molar-refractivity contribution in [2.45, 2.75) is 39.4 Å². The summed E-state index contributed by atoms with van der Waals surface area (Å²) >= 11 is 0. The first-order valence-corrected chi connectivity index (χ1v) is 8.99. The summed E-state index contributed by atoms with van der Waals surface area (Å²) in [5.41, 5.74) is 1.17. The lowest BCUT2D eigenvalue weighted by Crippen LogP contribution is -2.34. The second kappa shape index (κ2) is 7.65. The highest BCUT2D eigenvalue weighted by atomic mass is 19.4. The van der Waals surface area contributed by atoms with Crippen LogP contribution in [0.25, 0.3) is 22.5 Å². The van der Waals surface area contributed by atoms with Gasteiger partial charge in [0, 0.05) is 19.1 Å². The monoisotopic (exact) mass is 394 g/mol. The molecule has 0 spiro atoms. The Hall–Kier alpha value is -2.84. The lowest BCUT2D eigenvalue weighted by atomic mass is 10.1. The minimum atomic E-state index is -4.33. The van der Waals surface area contributed by atoms with Gasteiger partial charge >= 0.3 is 6.18 Å². The van der Waals surface area contributed by atoms with Gasteiger partial charge in [0.05, 0.1) is 29.8 Å². The molecular formula is C19H21F3N4O2. The van der Waals surface area contributed by atoms with Crippen molar-refractivity contribution in [1.29, 1.82) is 0 Å². The van der Waals surface area contributed by atoms with Crippen molar-refractivity contribution in [3.8, 4) is 11.5 Å². The van der Waals surface area contributed by atoms with E-state index in [1.54, 1.807) is 29.8 Å². The number of halogens is 3. The highest BCUT2D eigenvalue weighted by Crippen LogP contribution is 2.28. The Labute approximate surface area is 159 Å². The Balaban J connectivity index is 2.09. The molecule has 28 heavy (non-hydrogen) atoms. The molecule has 6 nitrogen and oxygen atoms in total. The fourth-order valence-electron chi connectivity index (χ4n) is 2.96. The number of hydrogen-bond acceptors (Lipinski definition) is 4. The molecule has 0 saturated heterocycles. The van der Waals surface area contributed by atoms with Crippen molar-refractivity contribution < 1.29 is 22.4 Å². The molecule has 0 saturated carbocycles. The number of amides is 1. The summed E-state index contributed by atoms with van der Waals surface area (Å²) in [6, 6.07) is 4.95. The van der Waals surface area contributed by atoms with Crippen LogP contribution in [-0.4, -0.2) is 44.8 Å². The minimum Gasteiger partial charge on any atom is -0.463 e. The van der Waals surface area contributed by atoms with Gasteiger partial charge in [0.2, 0.25) is 0 Å². The predicted octanol–water partition coefficient (Wildman–Crippen LogP) is 4.69. The molecule has 3 rings (SSSR count). The average molecular weight is 394 g/mol. The fourth-order valence-corrected chi connectivity index (χ4v) is 2.96. The molecule has 150 valence electrons. The van der Waals surface area contributed by atoms with Crippen LogP contribution in [0.2, 0.25) is 0 Å². The van der Waals surface area contributed by atoms with Gasteiger partial charge in [0.1, 0.15) is 5.69 Å². The number of pyridine rings is 1. The zero-order valence-electron chi connectivity index (χ0n) is 15.8. The first-order chi connectivity index (χ1) is 13.2. The predicted molar refractivity (Wildman–Crippen MR) is 97.9 cm³/mol. The molecule has 0 N–H and O–H groups in total. The molecule has 0 unspecified atom stereocenters. The topological polar surface area (TPSA) is 64.2 Å². The summed E-state index contributed by atoms with van der Waals surface area (Å²) < 4.78 is 45.0. The van der Waals surface area contributed by atoms with Crippen LogP contribution < -0.4 is 0 Å². The molecule has 3 heterocycles. The molecular weight excluding hydrogens is 373 g/mol. The lowest BCUT2D eigenvalue weighted by molar-refractivity contribution is -0.136. The second-order valence-corrected chi connectivity index (χ2v) is 6.70. The summed E-state index contributed by atoms with van der Waals surface area (Å²) in [7, 11) is 0. The standard InChI is InChI=1S/C19H21F3N4O2/c1-4-25(8-7-19(20,21)22)18(27)13-10-15(16-6-5-9-28-16)24-17-14(13)11-23-26(17)12(2)3/h5-6,9-12H,4,7-8H2,1-3H3. The number of alkyl halides is 3. The number of aromatic nitrogens is 3. The van der Waals surface area contributed by atoms with Crippen LogP contribution in [0.5, 0.6) is 0 Å². The van der Waals surface area contributed by atoms with E-state index in [4.69, 9.17) is 4.42 Å². The Bertz CT molecular complexity index is 962. The third-order valence-electron chi connectivity index (χ3n) is 4.39. The van der Waals surface area contributed by atoms with Gasteiger partial charge in [-0.05, 0) is 39.0 Å². The zero-order chi connectivity index (χ0) is 20.5. The molecule has 3 aromatic heterocycles. The number of rotatable bonds is 6. The number of furan rings is 1. The van der Waals surface area contributed by atoms with Crippen LogP contribution in [0.15, 0.2) is 35.1 Å². The minimum absolute atomic E-state index is 0.00712. The Morgan fingerprint density at radius 1 is 1.36 bits per heavy atom. The van der Waals surface area contributed by atoms with E-state index < -0.39 is 25.0 Å². The Kier molecular flexibility index (Phi) is 5.44. The van der Waals surface area contributed by atoms with Crippen molar-refractivity contribution in [2.24, 2.45) is 0 Å². The van der Waals surface area contributed by atoms with E-state index in [-0.39, 0.29) is 18.2 Å². The molecule has 0 atom stereocenters. The highest BCUT2D eigenvalue weighted by Gasteiger charge is 2.30. The van der Waals surface area contributed by atoms with Crippen LogP contribution in [0, 0.1) is 0 Å². The summed E-state index contributed by atoms with van der Waals surface area (Å²) in [6.45, 7) is 5.26. The van der Waals surface area contributed by atoms with E-state index in [0.29, 0.717) is 22.5 Å². The molecule has 0 radical (unpaired) electrons. The second-order valence-electron chi connectivity index (χ2n) is 6.70. The van der Waals surface area contributed by atoms with Crippen molar-refractivity contribution in [1.82, 2.24) is 19.7 Å². The van der Waals surface area contributed by atoms with Crippen molar-refractivity contribution >= 4 is 16.9 Å². The van der Waals surface area contributed by atoms with Crippen LogP contribution in [0.1, 0.15) is 43.6 Å². The summed E-state index contributed by atoms with van der Waals surface area (Å²) in [5.74, 6) is -0.0268. The van der Waals surface area contributed by atoms with Gasteiger partial charge < -0.3 is 9.32 Å². The summed E-state index contributed by atoms with van der Waals surface area (Å²) in [5, 5.41) is 4.80. The summed E-state index contributed by atoms with van der Waals surface area (Å²) in [4.78, 5) is 18.8. The molecule has 0 fully saturated rings. The molecule has 0 aliphatic heterocycles. The van der Waals surface area contributed by atoms with Crippen LogP contribution in [-0.2, 0) is 0 Å². The zero-order valence-corrected chi connectivity index (χ0v) is 15.8. The first-order valence-electron chi connectivity index (χ1n) is 8.99. The van der Waals surface area contributed by atoms with Crippen LogP contribution >= 0.6 is 0 Å². The number of fused-ring (bicyclic) bond motifs is 1. The maximum absolute atomic E-state index is 13.1. The maximum Gasteiger partial charge on any atom is 0.390 e. The average Bonchev–Trinajstić information content (AvgIpc) is 3.29. The molecule has 0 aliphatic carbocycles. The maximum atomic E-state index is 13.1. The van der Waals surface area contributed by atoms with Gasteiger partial charge in [-0.3, -0.25) is 4.79 Å². The van der Waals surface area contributed by atoms with Crippen LogP contribution in [0.3, 0.4) is 0 Å². The van der Waals surface area contributed by atoms with E-state index in [1.165, 1.54) is 17.4 Å². The van der Waals surface area contributed by atoms with Gasteiger partial charge in [0.15, 0.2) is 11.4 Å². The number of carbonyl (C=O) groups excluding carboxylic acids is 1. The van der Waals surface area contributed by atoms with Crippen molar-refractivity contribution in [3.05, 3.63) is 36.2 Å². The van der Waals surface area contributed by atoms with E-state index in [1.807, 2.05) is 13.8 Å². The Morgan fingerprint density at radius 3 is 2.68 bits per heavy atom. The first kappa shape index (κ1) is 19.9. The lowest BCUT2D eigenvalue weighted by Gasteiger charge is -2.22. The van der Waals surface area contributed by atoms with Gasteiger partial charge in [-0.25, -0.2) is 9.67 Å². The smallest absolute Gasteiger partial charge is 0.390 e. The largest absolute Gasteiger partial charge is 0.463 e. The number of nitrogens with zero attached hydrogens (tertiary/aromatic N) is 4. The molecule has 1 amide bonds. The highest BCUT2D eigenvalue weighted by molar-refractivity contribution is 6.06. The quantitative estimate of drug-likeness (QED) is 0.609. The molecule has 9 heteroatoms. The third kappa shape index (κ3) is 4.02. The molecule has 3 aromatic rings. The van der Waals surface area contributed by atoms with E-state index in [0.717, 1.165) is 0 Å². The van der Waals surface area contributed by atoms with E-state index >= 15 is 0 Å². The molecule has 0 aliphatic rings. The summed E-state index contributed by atoms with van der Waals surface area (Å²) in [6.07, 6.45) is -2.37. The fraction of sp³-hybridized carbons (Fsp3) is 0.421. The van der Waals surface area contributed by atoms with Gasteiger partial charge in [-0.1, -0.05) is 0 Å². The molecule has 0 aromatic carbocycles. The SMILES string of the molecule is CCN(CCC(F)(F)F)C(=O)c1cc(-c2ccco2)nc2c1cnn2C(C)C. The third-order valence-corrected chi connectivity index (χ3v) is 4.39. The van der Waals surface area contributed by atoms with Gasteiger partial charge in [0.25, 0.3) is 5.91 Å². The van der Waals surface area contributed by atoms with Gasteiger partial charge in [-0.15, -0.1) is 0 Å². The normalized spacial score (nSPS) is 12.1. The van der Waals surface area contributed by atoms with Crippen LogP contribution in [0.4, 0.5) is 13.2 Å². The number of carbonyl (C=O) groups is 1. The van der Waals surface area contributed by atoms with E-state index in [9.17, 15) is 18.0 Å². The molecule has 0 bridgehead atoms. The van der Waals surface area contributed by atoms with E-state index in [2.05, 4.69) is 10.1 Å². The van der Waals surface area contributed by atoms with Crippen molar-refractivity contribution in [3.63, 3.8) is 0 Å². The Morgan fingerprint density at radius 2 is 2.11 bits per heavy atom. The van der Waals surface area contributed by atoms with Crippen molar-refractivity contribution in [2.75, 3.05) is 13.1 Å². The van der Waals surface area contributed by atoms with Gasteiger partial charge in [-0.2, -0.15) is 18.3 Å².